The number of hydrogen-bond donors (Lipinski definition) is 1. The Morgan fingerprint density at radius 1 is 1.27 bits per heavy atom. The third-order valence-corrected chi connectivity index (χ3v) is 5.64. The van der Waals surface area contributed by atoms with E-state index in [9.17, 15) is 4.79 Å². The van der Waals surface area contributed by atoms with Gasteiger partial charge in [0.15, 0.2) is 0 Å². The zero-order valence-corrected chi connectivity index (χ0v) is 15.9. The van der Waals surface area contributed by atoms with Crippen LogP contribution in [0.5, 0.6) is 0 Å². The fraction of sp³-hybridized carbons (Fsp3) is 0.421. The lowest BCUT2D eigenvalue weighted by molar-refractivity contribution is 0.0827. The van der Waals surface area contributed by atoms with Crippen LogP contribution in [0, 0.1) is 0 Å². The zero-order valence-electron chi connectivity index (χ0n) is 15.1. The number of rotatable bonds is 4. The molecule has 0 bridgehead atoms. The summed E-state index contributed by atoms with van der Waals surface area (Å²) in [6.45, 7) is 0. The Morgan fingerprint density at radius 3 is 2.81 bits per heavy atom. The van der Waals surface area contributed by atoms with Gasteiger partial charge in [0.05, 0.1) is 11.9 Å². The molecule has 1 amide bonds. The van der Waals surface area contributed by atoms with Gasteiger partial charge in [0, 0.05) is 31.3 Å². The molecule has 0 saturated heterocycles. The van der Waals surface area contributed by atoms with Gasteiger partial charge in [0.25, 0.3) is 5.91 Å². The van der Waals surface area contributed by atoms with Crippen LogP contribution >= 0.6 is 11.3 Å². The van der Waals surface area contributed by atoms with E-state index < -0.39 is 0 Å². The minimum atomic E-state index is -0.00929. The zero-order chi connectivity index (χ0) is 18.1. The van der Waals surface area contributed by atoms with Crippen LogP contribution in [0.4, 0.5) is 5.13 Å². The molecule has 0 atom stereocenters. The molecule has 7 heteroatoms. The van der Waals surface area contributed by atoms with Crippen LogP contribution in [-0.2, 0) is 0 Å². The molecule has 4 rings (SSSR count). The third kappa shape index (κ3) is 3.44. The molecule has 1 N–H and O–H groups in total. The van der Waals surface area contributed by atoms with Gasteiger partial charge in [-0.1, -0.05) is 42.7 Å². The summed E-state index contributed by atoms with van der Waals surface area (Å²) in [6.07, 6.45) is 8.31. The number of carbonyl (C=O) groups is 1. The van der Waals surface area contributed by atoms with Gasteiger partial charge in [-0.15, -0.1) is 5.10 Å². The molecular weight excluding hydrogens is 346 g/mol. The Labute approximate surface area is 156 Å². The Kier molecular flexibility index (Phi) is 4.63. The third-order valence-electron chi connectivity index (χ3n) is 4.79. The van der Waals surface area contributed by atoms with Crippen molar-refractivity contribution in [3.63, 3.8) is 0 Å². The lowest BCUT2D eigenvalue weighted by Gasteiger charge is -2.21. The number of benzene rings is 1. The van der Waals surface area contributed by atoms with Gasteiger partial charge in [-0.3, -0.25) is 4.79 Å². The van der Waals surface area contributed by atoms with E-state index in [0.29, 0.717) is 11.6 Å². The normalized spacial score (nSPS) is 15.3. The number of nitrogens with zero attached hydrogens (tertiary/aromatic N) is 4. The summed E-state index contributed by atoms with van der Waals surface area (Å²) in [7, 11) is 3.51. The van der Waals surface area contributed by atoms with Crippen molar-refractivity contribution < 1.29 is 4.79 Å². The molecule has 2 aromatic heterocycles. The summed E-state index contributed by atoms with van der Waals surface area (Å²) in [5, 5.41) is 9.11. The summed E-state index contributed by atoms with van der Waals surface area (Å²) >= 11 is 1.58. The Balaban J connectivity index is 1.55. The number of amides is 1. The monoisotopic (exact) mass is 369 g/mol. The molecule has 1 aliphatic carbocycles. The maximum absolute atomic E-state index is 12.2. The van der Waals surface area contributed by atoms with E-state index in [1.54, 1.807) is 30.3 Å². The molecule has 2 heterocycles. The average Bonchev–Trinajstić information content (AvgIpc) is 3.20. The largest absolute Gasteiger partial charge is 0.357 e. The van der Waals surface area contributed by atoms with Crippen LogP contribution in [0.25, 0.3) is 16.2 Å². The highest BCUT2D eigenvalue weighted by molar-refractivity contribution is 7.20. The number of aromatic nitrogens is 3. The van der Waals surface area contributed by atoms with Gasteiger partial charge in [-0.05, 0) is 25.0 Å². The Hall–Kier alpha value is -2.41. The molecule has 1 aromatic carbocycles. The van der Waals surface area contributed by atoms with Crippen LogP contribution in [0.2, 0.25) is 0 Å². The highest BCUT2D eigenvalue weighted by Crippen LogP contribution is 2.27. The number of imidazole rings is 1. The predicted octanol–water partition coefficient (Wildman–Crippen LogP) is 3.90. The second-order valence-corrected chi connectivity index (χ2v) is 7.98. The standard InChI is InChI=1S/C19H23N5OS/c1-23(2)17(25)14-8-6-7-13(11-14)16-12-24-19(21-16)26-18(22-24)20-15-9-4-3-5-10-15/h6-8,11-12,15H,3-5,9-10H2,1-2H3,(H,20,22). The molecule has 3 aromatic rings. The van der Waals surface area contributed by atoms with E-state index in [2.05, 4.69) is 10.4 Å². The lowest BCUT2D eigenvalue weighted by atomic mass is 9.96. The van der Waals surface area contributed by atoms with Gasteiger partial charge in [0.1, 0.15) is 0 Å². The highest BCUT2D eigenvalue weighted by Gasteiger charge is 2.17. The van der Waals surface area contributed by atoms with E-state index in [1.165, 1.54) is 32.1 Å². The number of anilines is 1. The van der Waals surface area contributed by atoms with Crippen molar-refractivity contribution in [3.8, 4) is 11.3 Å². The second kappa shape index (κ2) is 7.07. The van der Waals surface area contributed by atoms with Crippen LogP contribution in [-0.4, -0.2) is 45.5 Å². The fourth-order valence-electron chi connectivity index (χ4n) is 3.39. The first-order valence-corrected chi connectivity index (χ1v) is 9.86. The molecular formula is C19H23N5OS. The molecule has 6 nitrogen and oxygen atoms in total. The fourth-order valence-corrected chi connectivity index (χ4v) is 4.25. The van der Waals surface area contributed by atoms with E-state index in [0.717, 1.165) is 21.3 Å². The summed E-state index contributed by atoms with van der Waals surface area (Å²) < 4.78 is 1.83. The molecule has 0 spiro atoms. The summed E-state index contributed by atoms with van der Waals surface area (Å²) in [6, 6.07) is 8.11. The number of fused-ring (bicyclic) bond motifs is 1. The summed E-state index contributed by atoms with van der Waals surface area (Å²) in [4.78, 5) is 19.3. The van der Waals surface area contributed by atoms with Crippen molar-refractivity contribution in [2.45, 2.75) is 38.1 Å². The van der Waals surface area contributed by atoms with E-state index in [-0.39, 0.29) is 5.91 Å². The lowest BCUT2D eigenvalue weighted by Crippen LogP contribution is -2.22. The summed E-state index contributed by atoms with van der Waals surface area (Å²) in [5.74, 6) is -0.00929. The first kappa shape index (κ1) is 17.0. The molecule has 1 aliphatic rings. The van der Waals surface area contributed by atoms with Gasteiger partial charge in [-0.2, -0.15) is 0 Å². The molecule has 136 valence electrons. The minimum Gasteiger partial charge on any atom is -0.357 e. The smallest absolute Gasteiger partial charge is 0.253 e. The quantitative estimate of drug-likeness (QED) is 0.757. The molecule has 0 unspecified atom stereocenters. The van der Waals surface area contributed by atoms with Crippen LogP contribution < -0.4 is 5.32 Å². The van der Waals surface area contributed by atoms with Crippen molar-refractivity contribution >= 4 is 27.3 Å². The molecule has 1 fully saturated rings. The summed E-state index contributed by atoms with van der Waals surface area (Å²) in [5.41, 5.74) is 2.43. The minimum absolute atomic E-state index is 0.00929. The van der Waals surface area contributed by atoms with Crippen LogP contribution in [0.3, 0.4) is 0 Å². The van der Waals surface area contributed by atoms with Gasteiger partial charge in [-0.25, -0.2) is 9.50 Å². The van der Waals surface area contributed by atoms with Crippen molar-refractivity contribution in [3.05, 3.63) is 36.0 Å². The van der Waals surface area contributed by atoms with Crippen molar-refractivity contribution in [1.29, 1.82) is 0 Å². The molecule has 0 radical (unpaired) electrons. The number of nitrogens with one attached hydrogen (secondary N) is 1. The van der Waals surface area contributed by atoms with Gasteiger partial charge in [0.2, 0.25) is 10.1 Å². The average molecular weight is 369 g/mol. The van der Waals surface area contributed by atoms with Crippen molar-refractivity contribution in [1.82, 2.24) is 19.5 Å². The Morgan fingerprint density at radius 2 is 2.08 bits per heavy atom. The van der Waals surface area contributed by atoms with Crippen LogP contribution in [0.1, 0.15) is 42.5 Å². The van der Waals surface area contributed by atoms with Crippen LogP contribution in [0.15, 0.2) is 30.5 Å². The van der Waals surface area contributed by atoms with Gasteiger partial charge >= 0.3 is 0 Å². The first-order chi connectivity index (χ1) is 12.6. The molecule has 0 aliphatic heterocycles. The van der Waals surface area contributed by atoms with E-state index >= 15 is 0 Å². The first-order valence-electron chi connectivity index (χ1n) is 9.05. The van der Waals surface area contributed by atoms with Crippen molar-refractivity contribution in [2.24, 2.45) is 0 Å². The topological polar surface area (TPSA) is 62.5 Å². The van der Waals surface area contributed by atoms with Gasteiger partial charge < -0.3 is 10.2 Å². The predicted molar refractivity (Wildman–Crippen MR) is 105 cm³/mol. The molecule has 1 saturated carbocycles. The highest BCUT2D eigenvalue weighted by atomic mass is 32.1. The number of hydrogen-bond acceptors (Lipinski definition) is 5. The maximum atomic E-state index is 12.2. The molecule has 26 heavy (non-hydrogen) atoms. The number of carbonyl (C=O) groups excluding carboxylic acids is 1. The van der Waals surface area contributed by atoms with Crippen molar-refractivity contribution in [2.75, 3.05) is 19.4 Å². The maximum Gasteiger partial charge on any atom is 0.253 e. The van der Waals surface area contributed by atoms with E-state index in [1.807, 2.05) is 35.0 Å². The van der Waals surface area contributed by atoms with E-state index in [4.69, 9.17) is 4.98 Å². The SMILES string of the molecule is CN(C)C(=O)c1cccc(-c2cn3nc(NC4CCCCC4)sc3n2)c1. The Bertz CT molecular complexity index is 892. The second-order valence-electron chi connectivity index (χ2n) is 7.02.